The largest absolute Gasteiger partial charge is 0.496 e. The van der Waals surface area contributed by atoms with Crippen LogP contribution in [0.3, 0.4) is 0 Å². The Labute approximate surface area is 163 Å². The van der Waals surface area contributed by atoms with Crippen molar-refractivity contribution in [2.45, 2.75) is 13.0 Å². The summed E-state index contributed by atoms with van der Waals surface area (Å²) in [6, 6.07) is 7.98. The van der Waals surface area contributed by atoms with Crippen molar-refractivity contribution in [3.05, 3.63) is 29.8 Å². The Hall–Kier alpha value is -1.06. The summed E-state index contributed by atoms with van der Waals surface area (Å²) >= 11 is 0. The van der Waals surface area contributed by atoms with Crippen LogP contribution in [0.5, 0.6) is 5.75 Å². The van der Waals surface area contributed by atoms with Gasteiger partial charge in [-0.05, 0) is 26.1 Å². The highest BCUT2D eigenvalue weighted by Crippen LogP contribution is 2.16. The van der Waals surface area contributed by atoms with Crippen LogP contribution in [0.2, 0.25) is 0 Å². The first-order chi connectivity index (χ1) is 11.2. The molecule has 0 atom stereocenters. The minimum Gasteiger partial charge on any atom is -0.496 e. The maximum Gasteiger partial charge on any atom is 0.191 e. The third-order valence-electron chi connectivity index (χ3n) is 3.55. The molecule has 0 fully saturated rings. The van der Waals surface area contributed by atoms with Gasteiger partial charge in [-0.3, -0.25) is 4.99 Å². The third kappa shape index (κ3) is 9.29. The Morgan fingerprint density at radius 2 is 1.92 bits per heavy atom. The molecule has 0 aliphatic heterocycles. The molecule has 0 aromatic heterocycles. The summed E-state index contributed by atoms with van der Waals surface area (Å²) < 4.78 is 10.4. The fourth-order valence-electron chi connectivity index (χ4n) is 2.16. The van der Waals surface area contributed by atoms with Gasteiger partial charge in [0, 0.05) is 39.4 Å². The molecule has 138 valence electrons. The van der Waals surface area contributed by atoms with Crippen molar-refractivity contribution >= 4 is 29.9 Å². The van der Waals surface area contributed by atoms with E-state index >= 15 is 0 Å². The predicted octanol–water partition coefficient (Wildman–Crippen LogP) is 1.95. The fourth-order valence-corrected chi connectivity index (χ4v) is 2.16. The second kappa shape index (κ2) is 14.3. The van der Waals surface area contributed by atoms with E-state index < -0.39 is 0 Å². The van der Waals surface area contributed by atoms with Crippen LogP contribution in [0.4, 0.5) is 0 Å². The van der Waals surface area contributed by atoms with Crippen LogP contribution in [0.25, 0.3) is 0 Å². The standard InChI is InChI=1S/C17H30N4O2.HI/c1-18-17(19-10-7-11-21(2)12-13-22-3)20-14-15-8-5-6-9-16(15)23-4;/h5-6,8-9H,7,10-14H2,1-4H3,(H2,18,19,20);1H. The van der Waals surface area contributed by atoms with E-state index in [2.05, 4.69) is 27.6 Å². The molecule has 24 heavy (non-hydrogen) atoms. The van der Waals surface area contributed by atoms with Gasteiger partial charge in [0.25, 0.3) is 0 Å². The van der Waals surface area contributed by atoms with Crippen molar-refractivity contribution in [1.82, 2.24) is 15.5 Å². The minimum atomic E-state index is 0. The van der Waals surface area contributed by atoms with E-state index in [1.165, 1.54) is 0 Å². The van der Waals surface area contributed by atoms with Gasteiger partial charge in [0.1, 0.15) is 5.75 Å². The number of guanidine groups is 1. The Morgan fingerprint density at radius 3 is 2.58 bits per heavy atom. The molecule has 0 spiro atoms. The molecule has 0 aliphatic rings. The monoisotopic (exact) mass is 450 g/mol. The highest BCUT2D eigenvalue weighted by molar-refractivity contribution is 14.0. The molecule has 0 saturated heterocycles. The van der Waals surface area contributed by atoms with Gasteiger partial charge in [0.15, 0.2) is 5.96 Å². The van der Waals surface area contributed by atoms with Crippen LogP contribution in [0.15, 0.2) is 29.3 Å². The summed E-state index contributed by atoms with van der Waals surface area (Å²) in [6.45, 7) is 4.31. The molecule has 0 bridgehead atoms. The van der Waals surface area contributed by atoms with Crippen LogP contribution in [-0.4, -0.2) is 65.4 Å². The number of nitrogens with one attached hydrogen (secondary N) is 2. The zero-order chi connectivity index (χ0) is 16.9. The first-order valence-electron chi connectivity index (χ1n) is 7.95. The molecular formula is C17H31IN4O2. The Morgan fingerprint density at radius 1 is 1.17 bits per heavy atom. The first kappa shape index (κ1) is 22.9. The van der Waals surface area contributed by atoms with Gasteiger partial charge in [-0.2, -0.15) is 0 Å². The van der Waals surface area contributed by atoms with E-state index in [9.17, 15) is 0 Å². The number of aliphatic imine (C=N–C) groups is 1. The van der Waals surface area contributed by atoms with Crippen LogP contribution in [-0.2, 0) is 11.3 Å². The summed E-state index contributed by atoms with van der Waals surface area (Å²) in [5.74, 6) is 1.69. The van der Waals surface area contributed by atoms with E-state index in [1.54, 1.807) is 21.3 Å². The molecule has 0 aliphatic carbocycles. The number of hydrogen-bond donors (Lipinski definition) is 2. The number of benzene rings is 1. The first-order valence-corrected chi connectivity index (χ1v) is 7.95. The maximum atomic E-state index is 5.35. The van der Waals surface area contributed by atoms with Crippen molar-refractivity contribution in [3.8, 4) is 5.75 Å². The van der Waals surface area contributed by atoms with E-state index in [4.69, 9.17) is 9.47 Å². The number of hydrogen-bond acceptors (Lipinski definition) is 4. The molecule has 1 aromatic rings. The van der Waals surface area contributed by atoms with E-state index in [1.807, 2.05) is 24.3 Å². The number of para-hydroxylation sites is 1. The zero-order valence-corrected chi connectivity index (χ0v) is 17.5. The van der Waals surface area contributed by atoms with Crippen LogP contribution in [0, 0.1) is 0 Å². The van der Waals surface area contributed by atoms with Crippen molar-refractivity contribution in [2.24, 2.45) is 4.99 Å². The fraction of sp³-hybridized carbons (Fsp3) is 0.588. The molecule has 1 rings (SSSR count). The lowest BCUT2D eigenvalue weighted by molar-refractivity contribution is 0.161. The quantitative estimate of drug-likeness (QED) is 0.247. The number of halogens is 1. The molecule has 0 radical (unpaired) electrons. The average Bonchev–Trinajstić information content (AvgIpc) is 2.59. The lowest BCUT2D eigenvalue weighted by Gasteiger charge is -2.17. The molecule has 7 heteroatoms. The van der Waals surface area contributed by atoms with Gasteiger partial charge in [-0.25, -0.2) is 0 Å². The Bertz CT molecular complexity index is 472. The third-order valence-corrected chi connectivity index (χ3v) is 3.55. The van der Waals surface area contributed by atoms with Gasteiger partial charge in [-0.15, -0.1) is 24.0 Å². The predicted molar refractivity (Wildman–Crippen MR) is 111 cm³/mol. The van der Waals surface area contributed by atoms with Crippen LogP contribution >= 0.6 is 24.0 Å². The number of ether oxygens (including phenoxy) is 2. The number of nitrogens with zero attached hydrogens (tertiary/aromatic N) is 2. The normalized spacial score (nSPS) is 11.1. The average molecular weight is 450 g/mol. The van der Waals surface area contributed by atoms with Crippen molar-refractivity contribution < 1.29 is 9.47 Å². The Balaban J connectivity index is 0.00000529. The molecule has 0 heterocycles. The van der Waals surface area contributed by atoms with Gasteiger partial charge < -0.3 is 25.0 Å². The van der Waals surface area contributed by atoms with Gasteiger partial charge in [0.2, 0.25) is 0 Å². The molecular weight excluding hydrogens is 419 g/mol. The van der Waals surface area contributed by atoms with E-state index in [0.29, 0.717) is 6.54 Å². The van der Waals surface area contributed by atoms with Gasteiger partial charge in [0.05, 0.1) is 13.7 Å². The van der Waals surface area contributed by atoms with Crippen LogP contribution < -0.4 is 15.4 Å². The molecule has 6 nitrogen and oxygen atoms in total. The van der Waals surface area contributed by atoms with Gasteiger partial charge in [-0.1, -0.05) is 18.2 Å². The molecule has 2 N–H and O–H groups in total. The molecule has 0 saturated carbocycles. The second-order valence-electron chi connectivity index (χ2n) is 5.31. The van der Waals surface area contributed by atoms with E-state index in [0.717, 1.165) is 49.9 Å². The van der Waals surface area contributed by atoms with E-state index in [-0.39, 0.29) is 24.0 Å². The maximum absolute atomic E-state index is 5.35. The lowest BCUT2D eigenvalue weighted by atomic mass is 10.2. The summed E-state index contributed by atoms with van der Waals surface area (Å²) in [4.78, 5) is 6.50. The SMILES string of the molecule is CN=C(NCCCN(C)CCOC)NCc1ccccc1OC.I. The van der Waals surface area contributed by atoms with Crippen molar-refractivity contribution in [1.29, 1.82) is 0 Å². The second-order valence-corrected chi connectivity index (χ2v) is 5.31. The molecule has 0 amide bonds. The summed E-state index contributed by atoms with van der Waals surface area (Å²) in [6.07, 6.45) is 1.05. The smallest absolute Gasteiger partial charge is 0.191 e. The molecule has 0 unspecified atom stereocenters. The number of rotatable bonds is 10. The highest BCUT2D eigenvalue weighted by Gasteiger charge is 2.03. The van der Waals surface area contributed by atoms with Crippen LogP contribution in [0.1, 0.15) is 12.0 Å². The topological polar surface area (TPSA) is 58.1 Å². The van der Waals surface area contributed by atoms with Crippen molar-refractivity contribution in [3.63, 3.8) is 0 Å². The summed E-state index contributed by atoms with van der Waals surface area (Å²) in [7, 11) is 7.30. The number of methoxy groups -OCH3 is 2. The zero-order valence-electron chi connectivity index (χ0n) is 15.2. The lowest BCUT2D eigenvalue weighted by Crippen LogP contribution is -2.38. The minimum absolute atomic E-state index is 0. The van der Waals surface area contributed by atoms with Crippen molar-refractivity contribution in [2.75, 3.05) is 54.6 Å². The van der Waals surface area contributed by atoms with Gasteiger partial charge >= 0.3 is 0 Å². The molecule has 1 aromatic carbocycles. The highest BCUT2D eigenvalue weighted by atomic mass is 127. The summed E-state index contributed by atoms with van der Waals surface area (Å²) in [5, 5.41) is 6.64. The Kier molecular flexibility index (Phi) is 13.7. The number of likely N-dealkylation sites (N-methyl/N-ethyl adjacent to an activating group) is 1. The summed E-state index contributed by atoms with van der Waals surface area (Å²) in [5.41, 5.74) is 1.11.